The Labute approximate surface area is 144 Å². The number of anilines is 1. The molecule has 1 amide bonds. The largest absolute Gasteiger partial charge is 0.314 e. The second-order valence-corrected chi connectivity index (χ2v) is 6.13. The zero-order valence-electron chi connectivity index (χ0n) is 13.5. The maximum atomic E-state index is 12.7. The van der Waals surface area contributed by atoms with Crippen molar-refractivity contribution in [2.75, 3.05) is 11.9 Å². The molecule has 0 unspecified atom stereocenters. The standard InChI is InChI=1S/C19H17ClN2O2/c1-13-11-14-5-3-4-6-17(14)19(24)22(13)12-18(23)21(2)16-9-7-15(20)8-10-16/h3-11H,12H2,1-2H3. The first-order valence-electron chi connectivity index (χ1n) is 7.58. The van der Waals surface area contributed by atoms with Crippen LogP contribution in [0, 0.1) is 6.92 Å². The van der Waals surface area contributed by atoms with Crippen LogP contribution in [0.5, 0.6) is 0 Å². The third kappa shape index (κ3) is 3.05. The van der Waals surface area contributed by atoms with Crippen LogP contribution in [0.1, 0.15) is 5.69 Å². The lowest BCUT2D eigenvalue weighted by Crippen LogP contribution is -2.34. The van der Waals surface area contributed by atoms with Crippen LogP contribution < -0.4 is 10.5 Å². The summed E-state index contributed by atoms with van der Waals surface area (Å²) in [5, 5.41) is 2.11. The molecule has 0 aliphatic rings. The molecule has 2 aromatic carbocycles. The summed E-state index contributed by atoms with van der Waals surface area (Å²) < 4.78 is 1.51. The van der Waals surface area contributed by atoms with Crippen molar-refractivity contribution >= 4 is 34.0 Å². The third-order valence-electron chi connectivity index (χ3n) is 4.11. The number of hydrogen-bond donors (Lipinski definition) is 0. The summed E-state index contributed by atoms with van der Waals surface area (Å²) in [4.78, 5) is 26.8. The molecule has 1 aromatic heterocycles. The monoisotopic (exact) mass is 340 g/mol. The SMILES string of the molecule is Cc1cc2ccccc2c(=O)n1CC(=O)N(C)c1ccc(Cl)cc1. The van der Waals surface area contributed by atoms with Crippen LogP contribution >= 0.6 is 11.6 Å². The molecule has 0 atom stereocenters. The van der Waals surface area contributed by atoms with Crippen molar-refractivity contribution in [2.24, 2.45) is 0 Å². The molecule has 1 heterocycles. The lowest BCUT2D eigenvalue weighted by atomic mass is 10.1. The van der Waals surface area contributed by atoms with E-state index in [-0.39, 0.29) is 18.0 Å². The highest BCUT2D eigenvalue weighted by Gasteiger charge is 2.15. The predicted molar refractivity (Wildman–Crippen MR) is 97.8 cm³/mol. The molecule has 0 saturated heterocycles. The fraction of sp³-hybridized carbons (Fsp3) is 0.158. The Balaban J connectivity index is 1.93. The van der Waals surface area contributed by atoms with E-state index in [1.807, 2.05) is 31.2 Å². The molecule has 3 aromatic rings. The quantitative estimate of drug-likeness (QED) is 0.730. The van der Waals surface area contributed by atoms with Crippen molar-refractivity contribution in [3.63, 3.8) is 0 Å². The number of pyridine rings is 1. The molecule has 0 aliphatic carbocycles. The summed E-state index contributed by atoms with van der Waals surface area (Å²) in [6.07, 6.45) is 0. The molecule has 0 fully saturated rings. The number of likely N-dealkylation sites (N-methyl/N-ethyl adjacent to an activating group) is 1. The van der Waals surface area contributed by atoms with E-state index in [9.17, 15) is 9.59 Å². The van der Waals surface area contributed by atoms with E-state index in [2.05, 4.69) is 0 Å². The van der Waals surface area contributed by atoms with Gasteiger partial charge in [0.05, 0.1) is 0 Å². The molecule has 122 valence electrons. The normalized spacial score (nSPS) is 10.8. The summed E-state index contributed by atoms with van der Waals surface area (Å²) in [6.45, 7) is 1.83. The minimum Gasteiger partial charge on any atom is -0.314 e. The maximum Gasteiger partial charge on any atom is 0.259 e. The van der Waals surface area contributed by atoms with Crippen molar-refractivity contribution in [2.45, 2.75) is 13.5 Å². The van der Waals surface area contributed by atoms with E-state index in [0.29, 0.717) is 10.4 Å². The van der Waals surface area contributed by atoms with Crippen molar-refractivity contribution in [3.8, 4) is 0 Å². The molecule has 0 N–H and O–H groups in total. The molecular formula is C19H17ClN2O2. The number of aromatic nitrogens is 1. The molecule has 0 saturated carbocycles. The second-order valence-electron chi connectivity index (χ2n) is 5.69. The Kier molecular flexibility index (Phi) is 4.40. The average molecular weight is 341 g/mol. The number of carbonyl (C=O) groups excluding carboxylic acids is 1. The first kappa shape index (κ1) is 16.3. The number of amides is 1. The van der Waals surface area contributed by atoms with E-state index in [0.717, 1.165) is 16.8 Å². The van der Waals surface area contributed by atoms with Gasteiger partial charge in [0.15, 0.2) is 0 Å². The van der Waals surface area contributed by atoms with E-state index in [1.54, 1.807) is 37.4 Å². The zero-order valence-corrected chi connectivity index (χ0v) is 14.2. The predicted octanol–water partition coefficient (Wildman–Crippen LogP) is 3.63. The van der Waals surface area contributed by atoms with Gasteiger partial charge in [0, 0.05) is 28.8 Å². The van der Waals surface area contributed by atoms with E-state index in [4.69, 9.17) is 11.6 Å². The second kappa shape index (κ2) is 6.49. The van der Waals surface area contributed by atoms with Gasteiger partial charge < -0.3 is 9.47 Å². The van der Waals surface area contributed by atoms with Gasteiger partial charge in [-0.2, -0.15) is 0 Å². The van der Waals surface area contributed by atoms with E-state index >= 15 is 0 Å². The van der Waals surface area contributed by atoms with Gasteiger partial charge in [-0.15, -0.1) is 0 Å². The smallest absolute Gasteiger partial charge is 0.259 e. The first-order valence-corrected chi connectivity index (χ1v) is 7.96. The Morgan fingerprint density at radius 2 is 1.79 bits per heavy atom. The highest BCUT2D eigenvalue weighted by atomic mass is 35.5. The van der Waals surface area contributed by atoms with Crippen LogP contribution in [0.3, 0.4) is 0 Å². The summed E-state index contributed by atoms with van der Waals surface area (Å²) in [5.41, 5.74) is 1.34. The molecule has 3 rings (SSSR count). The number of nitrogens with zero attached hydrogens (tertiary/aromatic N) is 2. The van der Waals surface area contributed by atoms with Gasteiger partial charge >= 0.3 is 0 Å². The fourth-order valence-corrected chi connectivity index (χ4v) is 2.80. The van der Waals surface area contributed by atoms with Gasteiger partial charge in [-0.05, 0) is 48.7 Å². The Morgan fingerprint density at radius 1 is 1.12 bits per heavy atom. The highest BCUT2D eigenvalue weighted by molar-refractivity contribution is 6.30. The van der Waals surface area contributed by atoms with Gasteiger partial charge in [0.2, 0.25) is 5.91 Å². The average Bonchev–Trinajstić information content (AvgIpc) is 2.58. The molecule has 0 radical (unpaired) electrons. The number of aryl methyl sites for hydroxylation is 1. The Hall–Kier alpha value is -2.59. The highest BCUT2D eigenvalue weighted by Crippen LogP contribution is 2.17. The molecule has 0 aliphatic heterocycles. The van der Waals surface area contributed by atoms with Gasteiger partial charge in [-0.1, -0.05) is 29.8 Å². The summed E-state index contributed by atoms with van der Waals surface area (Å²) in [7, 11) is 1.69. The van der Waals surface area contributed by atoms with Crippen molar-refractivity contribution in [1.82, 2.24) is 4.57 Å². The number of halogens is 1. The molecular weight excluding hydrogens is 324 g/mol. The van der Waals surface area contributed by atoms with Gasteiger partial charge in [0.25, 0.3) is 5.56 Å². The Morgan fingerprint density at radius 3 is 2.50 bits per heavy atom. The number of hydrogen-bond acceptors (Lipinski definition) is 2. The third-order valence-corrected chi connectivity index (χ3v) is 4.36. The van der Waals surface area contributed by atoms with Crippen LogP contribution in [-0.4, -0.2) is 17.5 Å². The molecule has 0 spiro atoms. The van der Waals surface area contributed by atoms with Crippen LogP contribution in [0.2, 0.25) is 5.02 Å². The van der Waals surface area contributed by atoms with Crippen LogP contribution in [0.25, 0.3) is 10.8 Å². The summed E-state index contributed by atoms with van der Waals surface area (Å²) in [6, 6.07) is 16.3. The van der Waals surface area contributed by atoms with Crippen molar-refractivity contribution in [1.29, 1.82) is 0 Å². The number of benzene rings is 2. The molecule has 24 heavy (non-hydrogen) atoms. The van der Waals surface area contributed by atoms with Gasteiger partial charge in [-0.25, -0.2) is 0 Å². The lowest BCUT2D eigenvalue weighted by Gasteiger charge is -2.19. The molecule has 4 nitrogen and oxygen atoms in total. The minimum absolute atomic E-state index is 0.00533. The van der Waals surface area contributed by atoms with E-state index < -0.39 is 0 Å². The number of fused-ring (bicyclic) bond motifs is 1. The minimum atomic E-state index is -0.169. The fourth-order valence-electron chi connectivity index (χ4n) is 2.67. The van der Waals surface area contributed by atoms with E-state index in [1.165, 1.54) is 9.47 Å². The first-order chi connectivity index (χ1) is 11.5. The van der Waals surface area contributed by atoms with Crippen molar-refractivity contribution < 1.29 is 4.79 Å². The van der Waals surface area contributed by atoms with Crippen molar-refractivity contribution in [3.05, 3.63) is 75.7 Å². The zero-order chi connectivity index (χ0) is 17.3. The summed E-state index contributed by atoms with van der Waals surface area (Å²) >= 11 is 5.87. The van der Waals surface area contributed by atoms with Crippen LogP contribution in [-0.2, 0) is 11.3 Å². The van der Waals surface area contributed by atoms with Crippen LogP contribution in [0.4, 0.5) is 5.69 Å². The molecule has 5 heteroatoms. The topological polar surface area (TPSA) is 42.3 Å². The van der Waals surface area contributed by atoms with Gasteiger partial charge in [0.1, 0.15) is 6.54 Å². The van der Waals surface area contributed by atoms with Crippen LogP contribution in [0.15, 0.2) is 59.4 Å². The number of rotatable bonds is 3. The lowest BCUT2D eigenvalue weighted by molar-refractivity contribution is -0.118. The number of carbonyl (C=O) groups is 1. The summed E-state index contributed by atoms with van der Waals surface area (Å²) in [5.74, 6) is -0.169. The Bertz CT molecular complexity index is 961. The maximum absolute atomic E-state index is 12.7. The van der Waals surface area contributed by atoms with Gasteiger partial charge in [-0.3, -0.25) is 9.59 Å². The molecule has 0 bridgehead atoms.